The van der Waals surface area contributed by atoms with E-state index in [1.165, 1.54) is 6.33 Å². The lowest BCUT2D eigenvalue weighted by atomic mass is 10.0. The molecule has 0 atom stereocenters. The zero-order valence-corrected chi connectivity index (χ0v) is 14.4. The molecule has 0 saturated carbocycles. The number of aryl methyl sites for hydroxylation is 1. The summed E-state index contributed by atoms with van der Waals surface area (Å²) < 4.78 is 5.26. The largest absolute Gasteiger partial charge is 0.360 e. The third kappa shape index (κ3) is 3.62. The van der Waals surface area contributed by atoms with E-state index in [4.69, 9.17) is 4.52 Å². The molecule has 0 N–H and O–H groups in total. The lowest BCUT2D eigenvalue weighted by Crippen LogP contribution is -2.48. The van der Waals surface area contributed by atoms with Crippen LogP contribution in [0.2, 0.25) is 0 Å². The molecular weight excluding hydrogens is 306 g/mol. The van der Waals surface area contributed by atoms with Crippen molar-refractivity contribution >= 4 is 5.91 Å². The van der Waals surface area contributed by atoms with Gasteiger partial charge in [0, 0.05) is 38.4 Å². The van der Waals surface area contributed by atoms with E-state index in [1.54, 1.807) is 6.20 Å². The summed E-state index contributed by atoms with van der Waals surface area (Å²) in [6.45, 7) is 9.74. The molecule has 1 aliphatic heterocycles. The van der Waals surface area contributed by atoms with Crippen molar-refractivity contribution in [3.05, 3.63) is 41.3 Å². The highest BCUT2D eigenvalue weighted by atomic mass is 16.5. The van der Waals surface area contributed by atoms with Crippen molar-refractivity contribution in [3.63, 3.8) is 0 Å². The van der Waals surface area contributed by atoms with Gasteiger partial charge in [-0.1, -0.05) is 19.0 Å². The maximum absolute atomic E-state index is 12.8. The predicted octanol–water partition coefficient (Wildman–Crippen LogP) is 1.85. The molecule has 7 heteroatoms. The molecule has 0 aromatic carbocycles. The molecule has 0 spiro atoms. The van der Waals surface area contributed by atoms with Crippen molar-refractivity contribution in [2.24, 2.45) is 0 Å². The topological polar surface area (TPSA) is 75.4 Å². The van der Waals surface area contributed by atoms with Gasteiger partial charge in [0.1, 0.15) is 6.33 Å². The second-order valence-electron chi connectivity index (χ2n) is 6.48. The zero-order chi connectivity index (χ0) is 17.1. The molecule has 0 aliphatic carbocycles. The van der Waals surface area contributed by atoms with Gasteiger partial charge in [-0.3, -0.25) is 9.69 Å². The van der Waals surface area contributed by atoms with Crippen LogP contribution in [0.1, 0.15) is 47.3 Å². The molecule has 0 bridgehead atoms. The molecule has 1 fully saturated rings. The van der Waals surface area contributed by atoms with Gasteiger partial charge in [0.05, 0.1) is 23.5 Å². The highest BCUT2D eigenvalue weighted by Crippen LogP contribution is 2.18. The summed E-state index contributed by atoms with van der Waals surface area (Å²) in [6.07, 6.45) is 3.14. The van der Waals surface area contributed by atoms with E-state index < -0.39 is 0 Å². The van der Waals surface area contributed by atoms with E-state index in [9.17, 15) is 4.79 Å². The minimum atomic E-state index is 0.0226. The maximum atomic E-state index is 12.8. The van der Waals surface area contributed by atoms with E-state index in [0.29, 0.717) is 18.7 Å². The van der Waals surface area contributed by atoms with Crippen LogP contribution < -0.4 is 0 Å². The molecule has 3 heterocycles. The molecular formula is C17H23N5O2. The standard InChI is InChI=1S/C17H23N5O2/c1-12(2)16-15(9-18-11-19-16)17(23)22-6-4-21(5-7-22)10-14-8-13(3)20-24-14/h8-9,11-12H,4-7,10H2,1-3H3. The fourth-order valence-corrected chi connectivity index (χ4v) is 2.95. The first kappa shape index (κ1) is 16.6. The molecule has 0 radical (unpaired) electrons. The highest BCUT2D eigenvalue weighted by molar-refractivity contribution is 5.95. The van der Waals surface area contributed by atoms with Crippen molar-refractivity contribution in [1.29, 1.82) is 0 Å². The van der Waals surface area contributed by atoms with Gasteiger partial charge in [-0.2, -0.15) is 0 Å². The number of amides is 1. The predicted molar refractivity (Wildman–Crippen MR) is 88.5 cm³/mol. The van der Waals surface area contributed by atoms with E-state index >= 15 is 0 Å². The lowest BCUT2D eigenvalue weighted by molar-refractivity contribution is 0.0615. The zero-order valence-electron chi connectivity index (χ0n) is 14.4. The lowest BCUT2D eigenvalue weighted by Gasteiger charge is -2.34. The van der Waals surface area contributed by atoms with Crippen molar-refractivity contribution in [1.82, 2.24) is 24.9 Å². The number of carbonyl (C=O) groups excluding carboxylic acids is 1. The second kappa shape index (κ2) is 7.09. The molecule has 7 nitrogen and oxygen atoms in total. The number of rotatable bonds is 4. The van der Waals surface area contributed by atoms with Crippen LogP contribution in [0.5, 0.6) is 0 Å². The fourth-order valence-electron chi connectivity index (χ4n) is 2.95. The summed E-state index contributed by atoms with van der Waals surface area (Å²) in [5, 5.41) is 3.91. The van der Waals surface area contributed by atoms with Crippen molar-refractivity contribution in [3.8, 4) is 0 Å². The fraction of sp³-hybridized carbons (Fsp3) is 0.529. The summed E-state index contributed by atoms with van der Waals surface area (Å²) >= 11 is 0. The number of carbonyl (C=O) groups is 1. The Bertz CT molecular complexity index is 705. The Morgan fingerprint density at radius 1 is 1.29 bits per heavy atom. The van der Waals surface area contributed by atoms with E-state index in [2.05, 4.69) is 20.0 Å². The van der Waals surface area contributed by atoms with Crippen LogP contribution >= 0.6 is 0 Å². The molecule has 1 aliphatic rings. The van der Waals surface area contributed by atoms with Gasteiger partial charge < -0.3 is 9.42 Å². The number of hydrogen-bond donors (Lipinski definition) is 0. The molecule has 3 rings (SSSR count). The van der Waals surface area contributed by atoms with Crippen LogP contribution in [-0.4, -0.2) is 57.0 Å². The van der Waals surface area contributed by atoms with Gasteiger partial charge in [0.25, 0.3) is 5.91 Å². The number of piperazine rings is 1. The molecule has 2 aromatic heterocycles. The smallest absolute Gasteiger partial charge is 0.257 e. The third-order valence-corrected chi connectivity index (χ3v) is 4.24. The molecule has 0 unspecified atom stereocenters. The number of aromatic nitrogens is 3. The highest BCUT2D eigenvalue weighted by Gasteiger charge is 2.25. The monoisotopic (exact) mass is 329 g/mol. The number of nitrogens with zero attached hydrogens (tertiary/aromatic N) is 5. The Hall–Kier alpha value is -2.28. The minimum Gasteiger partial charge on any atom is -0.360 e. The van der Waals surface area contributed by atoms with Crippen LogP contribution in [0.15, 0.2) is 23.1 Å². The number of hydrogen-bond acceptors (Lipinski definition) is 6. The first-order valence-corrected chi connectivity index (χ1v) is 8.28. The Kier molecular flexibility index (Phi) is 4.89. The van der Waals surface area contributed by atoms with Crippen LogP contribution in [-0.2, 0) is 6.54 Å². The van der Waals surface area contributed by atoms with Gasteiger partial charge in [0.2, 0.25) is 0 Å². The quantitative estimate of drug-likeness (QED) is 0.852. The Labute approximate surface area is 141 Å². The van der Waals surface area contributed by atoms with E-state index in [-0.39, 0.29) is 11.8 Å². The molecule has 24 heavy (non-hydrogen) atoms. The summed E-state index contributed by atoms with van der Waals surface area (Å²) in [5.74, 6) is 1.09. The average molecular weight is 329 g/mol. The van der Waals surface area contributed by atoms with Crippen LogP contribution in [0.4, 0.5) is 0 Å². The average Bonchev–Trinajstić information content (AvgIpc) is 3.00. The maximum Gasteiger partial charge on any atom is 0.257 e. The molecule has 1 amide bonds. The van der Waals surface area contributed by atoms with Crippen molar-refractivity contribution in [2.75, 3.05) is 26.2 Å². The summed E-state index contributed by atoms with van der Waals surface area (Å²) in [6, 6.07) is 1.95. The Morgan fingerprint density at radius 3 is 2.67 bits per heavy atom. The van der Waals surface area contributed by atoms with Crippen LogP contribution in [0.3, 0.4) is 0 Å². The molecule has 1 saturated heterocycles. The van der Waals surface area contributed by atoms with E-state index in [0.717, 1.165) is 36.8 Å². The van der Waals surface area contributed by atoms with Gasteiger partial charge in [-0.25, -0.2) is 9.97 Å². The van der Waals surface area contributed by atoms with Crippen molar-refractivity contribution in [2.45, 2.75) is 33.2 Å². The summed E-state index contributed by atoms with van der Waals surface area (Å²) in [4.78, 5) is 25.3. The third-order valence-electron chi connectivity index (χ3n) is 4.24. The minimum absolute atomic E-state index is 0.0226. The molecule has 2 aromatic rings. The Morgan fingerprint density at radius 2 is 2.04 bits per heavy atom. The molecule has 128 valence electrons. The van der Waals surface area contributed by atoms with Gasteiger partial charge >= 0.3 is 0 Å². The van der Waals surface area contributed by atoms with Crippen LogP contribution in [0.25, 0.3) is 0 Å². The first-order valence-electron chi connectivity index (χ1n) is 8.28. The van der Waals surface area contributed by atoms with Crippen molar-refractivity contribution < 1.29 is 9.32 Å². The summed E-state index contributed by atoms with van der Waals surface area (Å²) in [5.41, 5.74) is 2.32. The normalized spacial score (nSPS) is 15.9. The second-order valence-corrected chi connectivity index (χ2v) is 6.48. The Balaban J connectivity index is 1.61. The first-order chi connectivity index (χ1) is 11.5. The summed E-state index contributed by atoms with van der Waals surface area (Å²) in [7, 11) is 0. The SMILES string of the molecule is Cc1cc(CN2CCN(C(=O)c3cncnc3C(C)C)CC2)on1. The van der Waals surface area contributed by atoms with Gasteiger partial charge in [-0.05, 0) is 12.8 Å². The van der Waals surface area contributed by atoms with Gasteiger partial charge in [-0.15, -0.1) is 0 Å². The van der Waals surface area contributed by atoms with E-state index in [1.807, 2.05) is 31.7 Å². The van der Waals surface area contributed by atoms with Gasteiger partial charge in [0.15, 0.2) is 5.76 Å². The van der Waals surface area contributed by atoms with Crippen LogP contribution in [0, 0.1) is 6.92 Å².